The lowest BCUT2D eigenvalue weighted by molar-refractivity contribution is -0.460. The molecule has 0 bridgehead atoms. The minimum atomic E-state index is -0.492. The molecule has 3 aromatic rings. The highest BCUT2D eigenvalue weighted by atomic mass is 35.5. The SMILES string of the molecule is C#CCOCCOCCOCCNc1nc(N2CCN(C(=O)Cn3cc(CCC[NH+]=C(N)N)nn3)CC2)nc(N2CCN(C(=O)[C@H]([C@@H](C)CC)n3cc(CCC[NH+]=C(N)N)nn3)CC2)n1.[Cl-]. The quantitative estimate of drug-likeness (QED) is 0.0162. The smallest absolute Gasteiger partial charge is 0.338 e. The Morgan fingerprint density at radius 1 is 0.773 bits per heavy atom. The molecule has 11 N–H and O–H groups in total. The fourth-order valence-corrected chi connectivity index (χ4v) is 7.17. The van der Waals surface area contributed by atoms with Crippen LogP contribution in [-0.2, 0) is 43.2 Å². The third-order valence-electron chi connectivity index (χ3n) is 10.9. The van der Waals surface area contributed by atoms with E-state index in [2.05, 4.69) is 65.5 Å². The molecule has 364 valence electrons. The van der Waals surface area contributed by atoms with Gasteiger partial charge in [-0.3, -0.25) is 42.5 Å². The number of terminal acetylenes is 1. The number of amides is 2. The topological polar surface area (TPSA) is 319 Å². The van der Waals surface area contributed by atoms with Gasteiger partial charge in [0.1, 0.15) is 19.2 Å². The Hall–Kier alpha value is -6.10. The largest absolute Gasteiger partial charge is 1.00 e. The number of nitrogens with zero attached hydrogens (tertiary/aromatic N) is 13. The van der Waals surface area contributed by atoms with E-state index in [4.69, 9.17) is 58.5 Å². The van der Waals surface area contributed by atoms with Crippen molar-refractivity contribution >= 4 is 41.6 Å². The van der Waals surface area contributed by atoms with Crippen LogP contribution in [0, 0.1) is 18.3 Å². The number of nitrogens with two attached hydrogens (primary N) is 4. The molecule has 66 heavy (non-hydrogen) atoms. The van der Waals surface area contributed by atoms with Gasteiger partial charge in [-0.1, -0.05) is 36.6 Å². The Balaban J connectivity index is 0.00000952. The number of guanidine groups is 2. The minimum absolute atomic E-state index is 0. The van der Waals surface area contributed by atoms with Crippen molar-refractivity contribution in [3.05, 3.63) is 23.8 Å². The van der Waals surface area contributed by atoms with Crippen molar-refractivity contribution in [1.29, 1.82) is 0 Å². The van der Waals surface area contributed by atoms with E-state index in [0.717, 1.165) is 30.7 Å². The van der Waals surface area contributed by atoms with Crippen LogP contribution >= 0.6 is 0 Å². The summed E-state index contributed by atoms with van der Waals surface area (Å²) in [6.45, 7) is 12.2. The average molecular weight is 945 g/mol. The lowest BCUT2D eigenvalue weighted by Crippen LogP contribution is -3.00. The summed E-state index contributed by atoms with van der Waals surface area (Å²) in [5, 5.41) is 20.4. The molecule has 5 rings (SSSR count). The molecule has 0 aromatic carbocycles. The number of halogens is 1. The van der Waals surface area contributed by atoms with Gasteiger partial charge < -0.3 is 51.5 Å². The highest BCUT2D eigenvalue weighted by Gasteiger charge is 2.34. The van der Waals surface area contributed by atoms with Gasteiger partial charge >= 0.3 is 11.9 Å². The van der Waals surface area contributed by atoms with Crippen LogP contribution in [0.5, 0.6) is 0 Å². The van der Waals surface area contributed by atoms with E-state index in [1.807, 2.05) is 16.0 Å². The molecule has 2 aliphatic heterocycles. The Kier molecular flexibility index (Phi) is 22.3. The van der Waals surface area contributed by atoms with Crippen LogP contribution in [0.2, 0.25) is 0 Å². The van der Waals surface area contributed by atoms with Crippen LogP contribution in [0.25, 0.3) is 0 Å². The van der Waals surface area contributed by atoms with Crippen molar-refractivity contribution in [2.45, 2.75) is 58.5 Å². The molecular formula is C40H68ClN20O5+. The number of piperazine rings is 2. The number of nitrogens with one attached hydrogen (secondary N) is 3. The Morgan fingerprint density at radius 2 is 1.32 bits per heavy atom. The molecule has 2 aliphatic rings. The zero-order chi connectivity index (χ0) is 46.4. The normalized spacial score (nSPS) is 14.8. The van der Waals surface area contributed by atoms with E-state index in [1.165, 1.54) is 0 Å². The van der Waals surface area contributed by atoms with Crippen LogP contribution < -0.4 is 60.4 Å². The summed E-state index contributed by atoms with van der Waals surface area (Å²) >= 11 is 0. The number of hydrogen-bond donors (Lipinski definition) is 7. The zero-order valence-corrected chi connectivity index (χ0v) is 38.9. The third kappa shape index (κ3) is 17.0. The van der Waals surface area contributed by atoms with E-state index in [-0.39, 0.29) is 55.2 Å². The molecule has 5 heterocycles. The number of anilines is 3. The van der Waals surface area contributed by atoms with Crippen molar-refractivity contribution < 1.29 is 46.2 Å². The first-order chi connectivity index (χ1) is 31.5. The molecule has 2 amide bonds. The maximum atomic E-state index is 14.2. The van der Waals surface area contributed by atoms with E-state index in [1.54, 1.807) is 15.6 Å². The number of aromatic nitrogens is 9. The standard InChI is InChI=1S/C40H66N20O5.ClH/c1-4-21-63-23-25-65-26-24-64-22-12-47-38-48-39(57-17-13-55(14-18-57)33(61)29-59-27-31(51-53-59)8-6-10-45-36(41)42)50-40(49-38)58-19-15-56(16-20-58)35(62)34(30(3)5-2)60-28-32(52-54-60)9-7-11-46-37(43)44;/h1,27-28,30,34H,5-26,29H2,2-3H3,(H4,41,42,45)(H4,43,44,46)(H,47,48,49,50);1H/p+1/t30-,34-;/m0./s1. The monoisotopic (exact) mass is 944 g/mol. The predicted molar refractivity (Wildman–Crippen MR) is 241 cm³/mol. The molecule has 2 saturated heterocycles. The van der Waals surface area contributed by atoms with Gasteiger partial charge in [-0.15, -0.1) is 16.6 Å². The van der Waals surface area contributed by atoms with Gasteiger partial charge in [0.25, 0.3) is 0 Å². The van der Waals surface area contributed by atoms with Crippen molar-refractivity contribution in [3.8, 4) is 12.3 Å². The number of carbonyl (C=O) groups excluding carboxylic acids is 2. The lowest BCUT2D eigenvalue weighted by atomic mass is 9.97. The maximum absolute atomic E-state index is 14.2. The summed E-state index contributed by atoms with van der Waals surface area (Å²) in [4.78, 5) is 55.6. The first-order valence-electron chi connectivity index (χ1n) is 22.3. The van der Waals surface area contributed by atoms with Crippen LogP contribution in [0.1, 0.15) is 50.5 Å². The lowest BCUT2D eigenvalue weighted by Gasteiger charge is -2.38. The van der Waals surface area contributed by atoms with E-state index < -0.39 is 6.04 Å². The molecule has 2 fully saturated rings. The van der Waals surface area contributed by atoms with Crippen LogP contribution in [0.4, 0.5) is 17.8 Å². The van der Waals surface area contributed by atoms with Crippen LogP contribution in [-0.4, -0.2) is 190 Å². The second-order valence-electron chi connectivity index (χ2n) is 15.7. The van der Waals surface area contributed by atoms with Gasteiger partial charge in [0.2, 0.25) is 29.7 Å². The summed E-state index contributed by atoms with van der Waals surface area (Å²) in [6.07, 6.45) is 12.5. The van der Waals surface area contributed by atoms with Gasteiger partial charge in [-0.05, 0) is 31.6 Å². The third-order valence-corrected chi connectivity index (χ3v) is 10.9. The molecule has 0 spiro atoms. The molecule has 26 heteroatoms. The number of carbonyl (C=O) groups is 2. The van der Waals surface area contributed by atoms with Gasteiger partial charge in [-0.25, -0.2) is 9.36 Å². The van der Waals surface area contributed by atoms with Crippen molar-refractivity contribution in [2.75, 3.05) is 127 Å². The first kappa shape index (κ1) is 52.5. The predicted octanol–water partition coefficient (Wildman–Crippen LogP) is -8.99. The Labute approximate surface area is 391 Å². The van der Waals surface area contributed by atoms with Crippen LogP contribution in [0.15, 0.2) is 12.4 Å². The van der Waals surface area contributed by atoms with E-state index in [9.17, 15) is 9.59 Å². The fourth-order valence-electron chi connectivity index (χ4n) is 7.17. The van der Waals surface area contributed by atoms with E-state index in [0.29, 0.717) is 136 Å². The first-order valence-corrected chi connectivity index (χ1v) is 22.3. The summed E-state index contributed by atoms with van der Waals surface area (Å²) in [5.74, 6) is 4.14. The van der Waals surface area contributed by atoms with Crippen molar-refractivity contribution in [1.82, 2.24) is 54.7 Å². The number of rotatable bonds is 27. The van der Waals surface area contributed by atoms with Gasteiger partial charge in [0.05, 0.1) is 57.5 Å². The highest BCUT2D eigenvalue weighted by molar-refractivity contribution is 5.81. The van der Waals surface area contributed by atoms with Gasteiger partial charge in [-0.2, -0.15) is 15.0 Å². The molecule has 0 radical (unpaired) electrons. The summed E-state index contributed by atoms with van der Waals surface area (Å²) in [6, 6.07) is -0.492. The molecule has 0 saturated carbocycles. The molecule has 25 nitrogen and oxygen atoms in total. The van der Waals surface area contributed by atoms with Crippen LogP contribution in [0.3, 0.4) is 0 Å². The number of aryl methyl sites for hydroxylation is 2. The Bertz CT molecular complexity index is 2020. The van der Waals surface area contributed by atoms with E-state index >= 15 is 0 Å². The summed E-state index contributed by atoms with van der Waals surface area (Å²) in [5.41, 5.74) is 23.5. The fraction of sp³-hybridized carbons (Fsp3) is 0.675. The zero-order valence-electron chi connectivity index (χ0n) is 38.2. The summed E-state index contributed by atoms with van der Waals surface area (Å²) < 4.78 is 19.8. The molecule has 2 atom stereocenters. The number of ether oxygens (including phenoxy) is 3. The van der Waals surface area contributed by atoms with Gasteiger partial charge in [0, 0.05) is 71.3 Å². The molecule has 3 aromatic heterocycles. The number of hydrogen-bond acceptors (Lipinski definition) is 15. The molecule has 0 unspecified atom stereocenters. The Morgan fingerprint density at radius 3 is 1.89 bits per heavy atom. The second kappa shape index (κ2) is 28.1. The summed E-state index contributed by atoms with van der Waals surface area (Å²) in [7, 11) is 0. The highest BCUT2D eigenvalue weighted by Crippen LogP contribution is 2.25. The molecule has 0 aliphatic carbocycles. The van der Waals surface area contributed by atoms with Crippen molar-refractivity contribution in [2.24, 2.45) is 28.9 Å². The second-order valence-corrected chi connectivity index (χ2v) is 15.7. The van der Waals surface area contributed by atoms with Gasteiger partial charge in [0.15, 0.2) is 0 Å². The minimum Gasteiger partial charge on any atom is -1.00 e. The molecular weight excluding hydrogens is 876 g/mol. The van der Waals surface area contributed by atoms with Crippen molar-refractivity contribution in [3.63, 3.8) is 0 Å². The maximum Gasteiger partial charge on any atom is 0.338 e. The average Bonchev–Trinajstić information content (AvgIpc) is 3.97.